The third-order valence-electron chi connectivity index (χ3n) is 3.77. The van der Waals surface area contributed by atoms with E-state index in [1.165, 1.54) is 0 Å². The predicted octanol–water partition coefficient (Wildman–Crippen LogP) is 1.45. The molecular weight excluding hydrogens is 252 g/mol. The van der Waals surface area contributed by atoms with Gasteiger partial charge in [0, 0.05) is 27.4 Å². The van der Waals surface area contributed by atoms with E-state index >= 15 is 0 Å². The molecule has 18 heavy (non-hydrogen) atoms. The van der Waals surface area contributed by atoms with E-state index < -0.39 is 8.80 Å². The monoisotopic (exact) mass is 276 g/mol. The molecule has 2 heterocycles. The standard InChI is InChI=1S/C12H24O5Si/c1-13-18(14-2,15-3)9-10(6-12-8-17-12)4-5-11-7-16-11/h10-12H,4-9H2,1-3H3/t10-,11?,12?/m1/s1. The van der Waals surface area contributed by atoms with Gasteiger partial charge in [0.05, 0.1) is 25.4 Å². The van der Waals surface area contributed by atoms with Crippen LogP contribution >= 0.6 is 0 Å². The summed E-state index contributed by atoms with van der Waals surface area (Å²) in [6, 6.07) is 0.864. The Morgan fingerprint density at radius 2 is 1.61 bits per heavy atom. The lowest BCUT2D eigenvalue weighted by Crippen LogP contribution is -2.44. The number of ether oxygens (including phenoxy) is 2. The van der Waals surface area contributed by atoms with Crippen LogP contribution in [0.5, 0.6) is 0 Å². The molecule has 0 aromatic heterocycles. The van der Waals surface area contributed by atoms with Crippen LogP contribution in [0.25, 0.3) is 0 Å². The highest BCUT2D eigenvalue weighted by molar-refractivity contribution is 6.60. The summed E-state index contributed by atoms with van der Waals surface area (Å²) < 4.78 is 27.2. The van der Waals surface area contributed by atoms with Gasteiger partial charge >= 0.3 is 8.80 Å². The molecule has 3 atom stereocenters. The summed E-state index contributed by atoms with van der Waals surface area (Å²) in [4.78, 5) is 0. The largest absolute Gasteiger partial charge is 0.500 e. The Morgan fingerprint density at radius 1 is 1.06 bits per heavy atom. The van der Waals surface area contributed by atoms with Crippen LogP contribution in [-0.2, 0) is 22.8 Å². The fraction of sp³-hybridized carbons (Fsp3) is 1.00. The maximum absolute atomic E-state index is 5.51. The van der Waals surface area contributed by atoms with Gasteiger partial charge in [0.1, 0.15) is 0 Å². The first kappa shape index (κ1) is 14.4. The number of hydrogen-bond donors (Lipinski definition) is 0. The molecule has 0 amide bonds. The molecule has 2 fully saturated rings. The molecular formula is C12H24O5Si. The van der Waals surface area contributed by atoms with Crippen molar-refractivity contribution in [2.75, 3.05) is 34.5 Å². The molecule has 0 spiro atoms. The van der Waals surface area contributed by atoms with E-state index in [1.54, 1.807) is 21.3 Å². The average Bonchev–Trinajstić information content (AvgIpc) is 3.27. The Labute approximate surface area is 110 Å². The Kier molecular flexibility index (Phi) is 5.17. The van der Waals surface area contributed by atoms with Crippen molar-refractivity contribution in [2.24, 2.45) is 5.92 Å². The molecule has 0 aromatic carbocycles. The van der Waals surface area contributed by atoms with Crippen LogP contribution in [0.2, 0.25) is 6.04 Å². The van der Waals surface area contributed by atoms with E-state index in [9.17, 15) is 0 Å². The molecule has 0 aliphatic carbocycles. The second-order valence-electron chi connectivity index (χ2n) is 5.09. The number of epoxide rings is 2. The molecule has 0 aromatic rings. The smallest absolute Gasteiger partial charge is 0.377 e. The fourth-order valence-corrected chi connectivity index (χ4v) is 4.47. The van der Waals surface area contributed by atoms with Gasteiger partial charge in [-0.2, -0.15) is 0 Å². The Balaban J connectivity index is 1.83. The summed E-state index contributed by atoms with van der Waals surface area (Å²) in [5, 5.41) is 0. The van der Waals surface area contributed by atoms with Gasteiger partial charge in [0.2, 0.25) is 0 Å². The van der Waals surface area contributed by atoms with Crippen LogP contribution in [-0.4, -0.2) is 55.6 Å². The zero-order chi connectivity index (χ0) is 13.0. The molecule has 106 valence electrons. The second kappa shape index (κ2) is 6.45. The van der Waals surface area contributed by atoms with Crippen molar-refractivity contribution in [2.45, 2.75) is 37.5 Å². The maximum Gasteiger partial charge on any atom is 0.500 e. The van der Waals surface area contributed by atoms with Gasteiger partial charge < -0.3 is 22.8 Å². The molecule has 2 aliphatic rings. The van der Waals surface area contributed by atoms with Crippen LogP contribution in [0.15, 0.2) is 0 Å². The highest BCUT2D eigenvalue weighted by Crippen LogP contribution is 2.32. The normalized spacial score (nSPS) is 28.2. The zero-order valence-corrected chi connectivity index (χ0v) is 12.5. The van der Waals surface area contributed by atoms with Gasteiger partial charge in [0.15, 0.2) is 0 Å². The number of hydrogen-bond acceptors (Lipinski definition) is 5. The van der Waals surface area contributed by atoms with E-state index in [0.29, 0.717) is 18.1 Å². The molecule has 0 radical (unpaired) electrons. The first-order valence-corrected chi connectivity index (χ1v) is 8.53. The summed E-state index contributed by atoms with van der Waals surface area (Å²) in [7, 11) is 2.56. The predicted molar refractivity (Wildman–Crippen MR) is 68.4 cm³/mol. The van der Waals surface area contributed by atoms with Crippen LogP contribution < -0.4 is 0 Å². The minimum Gasteiger partial charge on any atom is -0.377 e. The van der Waals surface area contributed by atoms with E-state index in [2.05, 4.69) is 0 Å². The second-order valence-corrected chi connectivity index (χ2v) is 8.09. The summed E-state index contributed by atoms with van der Waals surface area (Å²) in [6.45, 7) is 1.83. The average molecular weight is 276 g/mol. The lowest BCUT2D eigenvalue weighted by atomic mass is 9.99. The molecule has 6 heteroatoms. The fourth-order valence-electron chi connectivity index (χ4n) is 2.39. The molecule has 2 saturated heterocycles. The molecule has 5 nitrogen and oxygen atoms in total. The minimum atomic E-state index is -2.47. The van der Waals surface area contributed by atoms with Gasteiger partial charge in [0.25, 0.3) is 0 Å². The van der Waals surface area contributed by atoms with Crippen molar-refractivity contribution in [1.29, 1.82) is 0 Å². The van der Waals surface area contributed by atoms with Crippen molar-refractivity contribution in [3.8, 4) is 0 Å². The zero-order valence-electron chi connectivity index (χ0n) is 11.5. The van der Waals surface area contributed by atoms with Gasteiger partial charge in [-0.3, -0.25) is 0 Å². The number of rotatable bonds is 10. The molecule has 2 aliphatic heterocycles. The van der Waals surface area contributed by atoms with Crippen LogP contribution in [0, 0.1) is 5.92 Å². The summed E-state index contributed by atoms with van der Waals surface area (Å²) in [5.41, 5.74) is 0. The molecule has 2 unspecified atom stereocenters. The van der Waals surface area contributed by atoms with Crippen molar-refractivity contribution < 1.29 is 22.8 Å². The summed E-state index contributed by atoms with van der Waals surface area (Å²) >= 11 is 0. The van der Waals surface area contributed by atoms with E-state index in [-0.39, 0.29) is 0 Å². The first-order valence-electron chi connectivity index (χ1n) is 6.60. The van der Waals surface area contributed by atoms with Gasteiger partial charge in [-0.1, -0.05) is 0 Å². The third kappa shape index (κ3) is 4.29. The molecule has 2 rings (SSSR count). The quantitative estimate of drug-likeness (QED) is 0.446. The van der Waals surface area contributed by atoms with Crippen LogP contribution in [0.4, 0.5) is 0 Å². The van der Waals surface area contributed by atoms with Crippen LogP contribution in [0.1, 0.15) is 19.3 Å². The Bertz CT molecular complexity index is 243. The summed E-state index contributed by atoms with van der Waals surface area (Å²) in [5.74, 6) is 0.535. The third-order valence-corrected chi connectivity index (χ3v) is 6.71. The van der Waals surface area contributed by atoms with Crippen molar-refractivity contribution in [3.63, 3.8) is 0 Å². The Hall–Kier alpha value is 0.0169. The SMILES string of the molecule is CO[Si](C[C@H](CCC1CO1)CC1CO1)(OC)OC. The molecule has 0 N–H and O–H groups in total. The van der Waals surface area contributed by atoms with Gasteiger partial charge in [-0.05, 0) is 25.2 Å². The molecule has 0 bridgehead atoms. The topological polar surface area (TPSA) is 52.8 Å². The summed E-state index contributed by atoms with van der Waals surface area (Å²) in [6.07, 6.45) is 4.26. The van der Waals surface area contributed by atoms with Crippen molar-refractivity contribution >= 4 is 8.80 Å². The van der Waals surface area contributed by atoms with Gasteiger partial charge in [-0.15, -0.1) is 0 Å². The maximum atomic E-state index is 5.51. The lowest BCUT2D eigenvalue weighted by Gasteiger charge is -2.28. The minimum absolute atomic E-state index is 0.437. The van der Waals surface area contributed by atoms with Gasteiger partial charge in [-0.25, -0.2) is 0 Å². The Morgan fingerprint density at radius 3 is 2.06 bits per heavy atom. The van der Waals surface area contributed by atoms with E-state index in [1.807, 2.05) is 0 Å². The van der Waals surface area contributed by atoms with E-state index in [4.69, 9.17) is 22.8 Å². The highest BCUT2D eigenvalue weighted by Gasteiger charge is 2.42. The van der Waals surface area contributed by atoms with Crippen molar-refractivity contribution in [3.05, 3.63) is 0 Å². The van der Waals surface area contributed by atoms with Crippen molar-refractivity contribution in [1.82, 2.24) is 0 Å². The van der Waals surface area contributed by atoms with Crippen LogP contribution in [0.3, 0.4) is 0 Å². The van der Waals surface area contributed by atoms with E-state index in [0.717, 1.165) is 38.5 Å². The lowest BCUT2D eigenvalue weighted by molar-refractivity contribution is 0.115. The highest BCUT2D eigenvalue weighted by atomic mass is 28.4. The molecule has 0 saturated carbocycles. The first-order chi connectivity index (χ1) is 8.71.